The van der Waals surface area contributed by atoms with Gasteiger partial charge < -0.3 is 0 Å². The van der Waals surface area contributed by atoms with Gasteiger partial charge in [0.05, 0.1) is 29.4 Å². The Balaban J connectivity index is 1.54. The van der Waals surface area contributed by atoms with Gasteiger partial charge in [0.2, 0.25) is 5.91 Å². The number of H-pyrrole nitrogens is 1. The predicted molar refractivity (Wildman–Crippen MR) is 121 cm³/mol. The molecule has 0 radical (unpaired) electrons. The Morgan fingerprint density at radius 1 is 1.09 bits per heavy atom. The largest absolute Gasteiger partial charge is 0.296 e. The molecular formula is C25H19N5O2. The fraction of sp³-hybridized carbons (Fsp3) is 0.120. The maximum Gasteiger partial charge on any atom is 0.275 e. The number of anilines is 1. The van der Waals surface area contributed by atoms with Gasteiger partial charge in [-0.05, 0) is 48.4 Å². The number of aromatic nitrogens is 3. The summed E-state index contributed by atoms with van der Waals surface area (Å²) in [5.74, 6) is 0.391. The molecule has 5 rings (SSSR count). The summed E-state index contributed by atoms with van der Waals surface area (Å²) in [6.07, 6.45) is 2.20. The first-order valence-electron chi connectivity index (χ1n) is 10.3. The van der Waals surface area contributed by atoms with Crippen LogP contribution in [0.2, 0.25) is 0 Å². The van der Waals surface area contributed by atoms with E-state index < -0.39 is 0 Å². The highest BCUT2D eigenvalue weighted by molar-refractivity contribution is 5.98. The fourth-order valence-electron chi connectivity index (χ4n) is 4.09. The van der Waals surface area contributed by atoms with Crippen LogP contribution in [0.4, 0.5) is 5.82 Å². The second-order valence-electron chi connectivity index (χ2n) is 7.60. The van der Waals surface area contributed by atoms with E-state index in [0.29, 0.717) is 41.2 Å². The number of hydrogen-bond donors (Lipinski definition) is 1. The van der Waals surface area contributed by atoms with Crippen molar-refractivity contribution in [2.75, 3.05) is 11.4 Å². The van der Waals surface area contributed by atoms with E-state index in [-0.39, 0.29) is 17.9 Å². The lowest BCUT2D eigenvalue weighted by Crippen LogP contribution is -2.35. The first kappa shape index (κ1) is 19.5. The number of carbonyl (C=O) groups excluding carboxylic acids is 1. The van der Waals surface area contributed by atoms with Gasteiger partial charge in [-0.1, -0.05) is 30.3 Å². The maximum atomic E-state index is 13.2. The molecule has 0 fully saturated rings. The molecule has 32 heavy (non-hydrogen) atoms. The van der Waals surface area contributed by atoms with Crippen molar-refractivity contribution in [2.45, 2.75) is 12.8 Å². The maximum absolute atomic E-state index is 13.2. The van der Waals surface area contributed by atoms with Gasteiger partial charge in [0.1, 0.15) is 5.82 Å². The van der Waals surface area contributed by atoms with E-state index in [1.54, 1.807) is 35.4 Å². The number of aromatic amines is 1. The van der Waals surface area contributed by atoms with Gasteiger partial charge in [-0.15, -0.1) is 0 Å². The Morgan fingerprint density at radius 3 is 2.75 bits per heavy atom. The number of hydrogen-bond acceptors (Lipinski definition) is 4. The lowest BCUT2D eigenvalue weighted by atomic mass is 10.1. The highest BCUT2D eigenvalue weighted by Gasteiger charge is 2.29. The third kappa shape index (κ3) is 3.38. The molecule has 3 heterocycles. The first-order valence-corrected chi connectivity index (χ1v) is 10.3. The summed E-state index contributed by atoms with van der Waals surface area (Å²) >= 11 is 0. The van der Waals surface area contributed by atoms with Crippen LogP contribution in [0.5, 0.6) is 0 Å². The number of fused-ring (bicyclic) bond motifs is 3. The van der Waals surface area contributed by atoms with Gasteiger partial charge >= 0.3 is 0 Å². The molecule has 2 aromatic heterocycles. The highest BCUT2D eigenvalue weighted by Crippen LogP contribution is 2.33. The normalized spacial score (nSPS) is 12.4. The van der Waals surface area contributed by atoms with E-state index in [4.69, 9.17) is 5.26 Å². The molecule has 7 heteroatoms. The molecule has 1 amide bonds. The lowest BCUT2D eigenvalue weighted by molar-refractivity contribution is -0.118. The number of para-hydroxylation sites is 1. The van der Waals surface area contributed by atoms with E-state index in [9.17, 15) is 9.59 Å². The zero-order valence-electron chi connectivity index (χ0n) is 17.2. The molecule has 0 aliphatic carbocycles. The number of nitrogens with one attached hydrogen (secondary N) is 1. The van der Waals surface area contributed by atoms with Crippen LogP contribution in [0.1, 0.15) is 16.7 Å². The Labute approximate surface area is 184 Å². The van der Waals surface area contributed by atoms with E-state index in [0.717, 1.165) is 11.3 Å². The van der Waals surface area contributed by atoms with Crippen molar-refractivity contribution in [3.8, 4) is 23.0 Å². The molecule has 0 unspecified atom stereocenters. The Hall–Kier alpha value is -4.44. The Bertz CT molecular complexity index is 1410. The highest BCUT2D eigenvalue weighted by atomic mass is 16.2. The molecule has 156 valence electrons. The van der Waals surface area contributed by atoms with E-state index in [1.807, 2.05) is 42.5 Å². The minimum absolute atomic E-state index is 0.128. The minimum Gasteiger partial charge on any atom is -0.296 e. The average molecular weight is 421 g/mol. The van der Waals surface area contributed by atoms with E-state index >= 15 is 0 Å². The number of nitriles is 1. The zero-order valence-corrected chi connectivity index (χ0v) is 17.2. The number of carbonyl (C=O) groups is 1. The summed E-state index contributed by atoms with van der Waals surface area (Å²) in [6.45, 7) is 0.343. The van der Waals surface area contributed by atoms with E-state index in [2.05, 4.69) is 16.2 Å². The molecule has 0 bridgehead atoms. The van der Waals surface area contributed by atoms with Crippen molar-refractivity contribution in [1.29, 1.82) is 5.26 Å². The van der Waals surface area contributed by atoms with Gasteiger partial charge in [0.15, 0.2) is 0 Å². The summed E-state index contributed by atoms with van der Waals surface area (Å²) < 4.78 is 1.53. The van der Waals surface area contributed by atoms with Crippen molar-refractivity contribution in [2.24, 2.45) is 0 Å². The molecule has 2 aromatic carbocycles. The van der Waals surface area contributed by atoms with Crippen LogP contribution in [0.25, 0.3) is 16.9 Å². The minimum atomic E-state index is -0.131. The van der Waals surface area contributed by atoms with Crippen LogP contribution in [-0.2, 0) is 17.6 Å². The van der Waals surface area contributed by atoms with Crippen LogP contribution in [-0.4, -0.2) is 27.2 Å². The van der Waals surface area contributed by atoms with Gasteiger partial charge in [0, 0.05) is 23.9 Å². The van der Waals surface area contributed by atoms with Crippen LogP contribution < -0.4 is 10.5 Å². The number of nitrogens with zero attached hydrogens (tertiary/aromatic N) is 4. The van der Waals surface area contributed by atoms with Gasteiger partial charge in [-0.3, -0.25) is 19.6 Å². The van der Waals surface area contributed by atoms with Gasteiger partial charge in [-0.25, -0.2) is 9.67 Å². The number of pyridine rings is 1. The molecule has 1 N–H and O–H groups in total. The SMILES string of the molecule is N#Cc1cccc(CC(=O)N2CCc3c([nH]n(-c4ccccc4)c3=O)-c3cccnc32)c1. The predicted octanol–water partition coefficient (Wildman–Crippen LogP) is 3.23. The quantitative estimate of drug-likeness (QED) is 0.549. The number of amides is 1. The van der Waals surface area contributed by atoms with Crippen LogP contribution in [0, 0.1) is 11.3 Å². The molecule has 0 atom stereocenters. The topological polar surface area (TPSA) is 94.8 Å². The second-order valence-corrected chi connectivity index (χ2v) is 7.60. The van der Waals surface area contributed by atoms with Crippen molar-refractivity contribution < 1.29 is 4.79 Å². The van der Waals surface area contributed by atoms with Crippen molar-refractivity contribution in [1.82, 2.24) is 14.8 Å². The van der Waals surface area contributed by atoms with Gasteiger partial charge in [-0.2, -0.15) is 5.26 Å². The smallest absolute Gasteiger partial charge is 0.275 e. The molecule has 1 aliphatic rings. The standard InChI is InChI=1S/C25H19N5O2/c26-16-18-7-4-6-17(14-18)15-22(31)29-13-11-21-23(20-10-5-12-27-24(20)29)28-30(25(21)32)19-8-2-1-3-9-19/h1-10,12,14,28H,11,13,15H2. The molecular weight excluding hydrogens is 402 g/mol. The molecule has 0 saturated heterocycles. The lowest BCUT2D eigenvalue weighted by Gasteiger charge is -2.22. The third-order valence-electron chi connectivity index (χ3n) is 5.61. The van der Waals surface area contributed by atoms with Crippen molar-refractivity contribution in [3.05, 3.63) is 100.0 Å². The fourth-order valence-corrected chi connectivity index (χ4v) is 4.09. The van der Waals surface area contributed by atoms with Crippen molar-refractivity contribution >= 4 is 11.7 Å². The monoisotopic (exact) mass is 421 g/mol. The van der Waals surface area contributed by atoms with Crippen LogP contribution in [0.3, 0.4) is 0 Å². The second kappa shape index (κ2) is 8.00. The molecule has 1 aliphatic heterocycles. The molecule has 0 spiro atoms. The summed E-state index contributed by atoms with van der Waals surface area (Å²) in [5.41, 5.74) is 3.93. The number of benzene rings is 2. The average Bonchev–Trinajstić information content (AvgIpc) is 3.06. The number of rotatable bonds is 3. The third-order valence-corrected chi connectivity index (χ3v) is 5.61. The van der Waals surface area contributed by atoms with Crippen LogP contribution >= 0.6 is 0 Å². The summed E-state index contributed by atoms with van der Waals surface area (Å²) in [5, 5.41) is 12.4. The van der Waals surface area contributed by atoms with Crippen molar-refractivity contribution in [3.63, 3.8) is 0 Å². The Kier molecular flexibility index (Phi) is 4.88. The zero-order chi connectivity index (χ0) is 22.1. The molecule has 4 aromatic rings. The Morgan fingerprint density at radius 2 is 1.94 bits per heavy atom. The molecule has 7 nitrogen and oxygen atoms in total. The molecule has 0 saturated carbocycles. The van der Waals surface area contributed by atoms with Gasteiger partial charge in [0.25, 0.3) is 5.56 Å². The summed E-state index contributed by atoms with van der Waals surface area (Å²) in [4.78, 5) is 32.6. The van der Waals surface area contributed by atoms with E-state index in [1.165, 1.54) is 4.68 Å². The summed E-state index contributed by atoms with van der Waals surface area (Å²) in [6, 6.07) is 22.2. The van der Waals surface area contributed by atoms with Crippen LogP contribution in [0.15, 0.2) is 77.7 Å². The first-order chi connectivity index (χ1) is 15.7. The summed E-state index contributed by atoms with van der Waals surface area (Å²) in [7, 11) is 0.